The number of rotatable bonds is 1. The fourth-order valence-corrected chi connectivity index (χ4v) is 11.5. The van der Waals surface area contributed by atoms with E-state index in [9.17, 15) is 20.1 Å². The number of hydrogen-bond donors (Lipinski definition) is 3. The number of fused-ring (bicyclic) bond motifs is 6. The van der Waals surface area contributed by atoms with Crippen LogP contribution in [-0.4, -0.2) is 87.0 Å². The third kappa shape index (κ3) is 6.21. The SMILES string of the molecule is C=C1CCCC2=NC[C@H](C)[C@@H](C)C[C@@]23CCC(C(=O)O)=C[C@H]3[C@@H]2O[C@]3(C[C@H]4CCC[C@@]5(CC[C@@]6(O[C@@H](CC[C@@]6(C)O)C1)O5)O4)C[C@@H](C)[C@@H](O)[C@@H]2O3. The Balaban J connectivity index is 1.20. The molecule has 0 unspecified atom stereocenters. The van der Waals surface area contributed by atoms with Crippen LogP contribution in [-0.2, 0) is 28.5 Å². The molecule has 7 heterocycles. The van der Waals surface area contributed by atoms with Crippen molar-refractivity contribution in [1.29, 1.82) is 0 Å². The van der Waals surface area contributed by atoms with Gasteiger partial charge in [0.25, 0.3) is 0 Å². The summed E-state index contributed by atoms with van der Waals surface area (Å²) in [6, 6.07) is 0. The largest absolute Gasteiger partial charge is 0.478 e. The van der Waals surface area contributed by atoms with Gasteiger partial charge < -0.3 is 39.0 Å². The number of carbonyl (C=O) groups is 1. The van der Waals surface area contributed by atoms with E-state index >= 15 is 0 Å². The number of aliphatic hydroxyl groups is 2. The van der Waals surface area contributed by atoms with E-state index in [4.69, 9.17) is 28.7 Å². The van der Waals surface area contributed by atoms with Crippen LogP contribution in [0.3, 0.4) is 0 Å². The molecule has 6 saturated heterocycles. The summed E-state index contributed by atoms with van der Waals surface area (Å²) in [4.78, 5) is 18.0. The summed E-state index contributed by atoms with van der Waals surface area (Å²) in [5.41, 5.74) is 1.13. The van der Waals surface area contributed by atoms with Crippen molar-refractivity contribution in [2.75, 3.05) is 6.54 Å². The van der Waals surface area contributed by atoms with Crippen LogP contribution >= 0.6 is 0 Å². The molecule has 8 rings (SSSR count). The number of hydrogen-bond acceptors (Lipinski definition) is 9. The Morgan fingerprint density at radius 2 is 1.65 bits per heavy atom. The molecule has 8 aliphatic rings. The van der Waals surface area contributed by atoms with Crippen molar-refractivity contribution in [3.8, 4) is 0 Å². The lowest BCUT2D eigenvalue weighted by molar-refractivity contribution is -0.403. The molecule has 284 valence electrons. The third-order valence-corrected chi connectivity index (χ3v) is 14.6. The van der Waals surface area contributed by atoms with E-state index in [-0.39, 0.29) is 24.0 Å². The quantitative estimate of drug-likeness (QED) is 0.257. The average molecular weight is 712 g/mol. The van der Waals surface area contributed by atoms with Gasteiger partial charge in [-0.2, -0.15) is 0 Å². The van der Waals surface area contributed by atoms with Crippen LogP contribution in [0.2, 0.25) is 0 Å². The van der Waals surface area contributed by atoms with Gasteiger partial charge in [0.1, 0.15) is 11.7 Å². The number of aliphatic hydroxyl groups excluding tert-OH is 1. The summed E-state index contributed by atoms with van der Waals surface area (Å²) in [7, 11) is 0. The van der Waals surface area contributed by atoms with Gasteiger partial charge in [0.05, 0.1) is 24.4 Å². The molecule has 3 N–H and O–H groups in total. The van der Waals surface area contributed by atoms with Gasteiger partial charge in [-0.05, 0) is 95.3 Å². The minimum atomic E-state index is -1.14. The number of nitrogens with zero attached hydrogens (tertiary/aromatic N) is 1. The van der Waals surface area contributed by atoms with Crippen LogP contribution in [0.4, 0.5) is 0 Å². The molecule has 1 aliphatic carbocycles. The fraction of sp³-hybridized carbons (Fsp3) is 0.854. The Labute approximate surface area is 303 Å². The van der Waals surface area contributed by atoms with Gasteiger partial charge in [-0.3, -0.25) is 4.99 Å². The smallest absolute Gasteiger partial charge is 0.331 e. The summed E-state index contributed by atoms with van der Waals surface area (Å²) < 4.78 is 34.8. The Morgan fingerprint density at radius 3 is 2.45 bits per heavy atom. The highest BCUT2D eigenvalue weighted by Gasteiger charge is 2.65. The molecule has 0 radical (unpaired) electrons. The standard InChI is InChI=1S/C41H61NO9/c1-24-8-6-10-32-38(20-25(2)27(4)23-42-32)15-11-28(36(44)45)19-31(38)34-35-33(43)26(3)21-40(49-34,50-35)22-30-9-7-13-39(47-30)16-17-41(51-39)37(5,46)14-12-29(18-24)48-41/h19,25-27,29-31,33-35,43,46H,1,6-18,20-23H2,2-5H3,(H,44,45)/t25-,26+,27-,29-,30+,31-,33+,34-,35-,37+,38+,39+,40+,41+/m0/s1. The van der Waals surface area contributed by atoms with Crippen molar-refractivity contribution < 1.29 is 43.8 Å². The average Bonchev–Trinajstić information content (AvgIpc) is 3.55. The second kappa shape index (κ2) is 13.0. The summed E-state index contributed by atoms with van der Waals surface area (Å²) >= 11 is 0. The highest BCUT2D eigenvalue weighted by molar-refractivity contribution is 5.93. The van der Waals surface area contributed by atoms with Crippen molar-refractivity contribution >= 4 is 11.7 Å². The van der Waals surface area contributed by atoms with E-state index in [0.717, 1.165) is 69.2 Å². The van der Waals surface area contributed by atoms with Gasteiger partial charge >= 0.3 is 5.97 Å². The second-order valence-corrected chi connectivity index (χ2v) is 18.3. The number of carboxylic acid groups (broad SMARTS) is 1. The van der Waals surface area contributed by atoms with Gasteiger partial charge in [0, 0.05) is 61.3 Å². The van der Waals surface area contributed by atoms with Gasteiger partial charge in [0.2, 0.25) is 5.79 Å². The molecular formula is C41H61NO9. The van der Waals surface area contributed by atoms with Crippen LogP contribution < -0.4 is 0 Å². The highest BCUT2D eigenvalue weighted by Crippen LogP contribution is 2.59. The normalized spacial score (nSPS) is 51.8. The van der Waals surface area contributed by atoms with Gasteiger partial charge in [0.15, 0.2) is 11.6 Å². The molecular weight excluding hydrogens is 650 g/mol. The van der Waals surface area contributed by atoms with Crippen LogP contribution in [0.25, 0.3) is 0 Å². The van der Waals surface area contributed by atoms with E-state index in [1.807, 2.05) is 13.0 Å². The molecule has 0 aromatic heterocycles. The predicted octanol–water partition coefficient (Wildman–Crippen LogP) is 6.61. The van der Waals surface area contributed by atoms with E-state index in [0.29, 0.717) is 68.8 Å². The van der Waals surface area contributed by atoms with Crippen molar-refractivity contribution in [2.45, 2.75) is 184 Å². The minimum Gasteiger partial charge on any atom is -0.478 e. The molecule has 0 aromatic carbocycles. The van der Waals surface area contributed by atoms with Crippen molar-refractivity contribution in [1.82, 2.24) is 0 Å². The number of aliphatic imine (C=N–C) groups is 1. The molecule has 4 spiro atoms. The highest BCUT2D eigenvalue weighted by atomic mass is 16.8. The Bertz CT molecular complexity index is 1460. The Hall–Kier alpha value is -1.66. The van der Waals surface area contributed by atoms with Gasteiger partial charge in [-0.25, -0.2) is 4.79 Å². The lowest BCUT2D eigenvalue weighted by Crippen LogP contribution is -2.60. The molecule has 7 bridgehead atoms. The molecule has 14 atom stereocenters. The third-order valence-electron chi connectivity index (χ3n) is 14.6. The predicted molar refractivity (Wildman–Crippen MR) is 190 cm³/mol. The topological polar surface area (TPSA) is 136 Å². The molecule has 0 saturated carbocycles. The van der Waals surface area contributed by atoms with Gasteiger partial charge in [-0.1, -0.05) is 39.0 Å². The molecule has 6 fully saturated rings. The van der Waals surface area contributed by atoms with E-state index in [1.165, 1.54) is 0 Å². The zero-order chi connectivity index (χ0) is 36.0. The summed E-state index contributed by atoms with van der Waals surface area (Å²) in [6.07, 6.45) is 11.0. The Morgan fingerprint density at radius 1 is 0.843 bits per heavy atom. The van der Waals surface area contributed by atoms with E-state index in [2.05, 4.69) is 27.4 Å². The van der Waals surface area contributed by atoms with Crippen LogP contribution in [0, 0.1) is 29.1 Å². The van der Waals surface area contributed by atoms with Crippen molar-refractivity contribution in [3.05, 3.63) is 23.8 Å². The van der Waals surface area contributed by atoms with Crippen LogP contribution in [0.5, 0.6) is 0 Å². The lowest BCUT2D eigenvalue weighted by Gasteiger charge is -2.50. The summed E-state index contributed by atoms with van der Waals surface area (Å²) in [6.45, 7) is 13.7. The van der Waals surface area contributed by atoms with Gasteiger partial charge in [-0.15, -0.1) is 0 Å². The maximum Gasteiger partial charge on any atom is 0.331 e. The van der Waals surface area contributed by atoms with Crippen LogP contribution in [0.15, 0.2) is 28.8 Å². The first-order valence-electron chi connectivity index (χ1n) is 20.1. The summed E-state index contributed by atoms with van der Waals surface area (Å²) in [5, 5.41) is 33.8. The molecule has 10 heteroatoms. The second-order valence-electron chi connectivity index (χ2n) is 18.3. The first-order chi connectivity index (χ1) is 24.2. The first-order valence-corrected chi connectivity index (χ1v) is 20.1. The molecule has 0 amide bonds. The number of carboxylic acids is 1. The zero-order valence-electron chi connectivity index (χ0n) is 31.2. The fourth-order valence-electron chi connectivity index (χ4n) is 11.5. The molecule has 51 heavy (non-hydrogen) atoms. The van der Waals surface area contributed by atoms with E-state index < -0.39 is 52.7 Å². The number of ether oxygens (including phenoxy) is 5. The lowest BCUT2D eigenvalue weighted by atomic mass is 9.57. The van der Waals surface area contributed by atoms with Crippen molar-refractivity contribution in [3.63, 3.8) is 0 Å². The zero-order valence-corrected chi connectivity index (χ0v) is 31.2. The summed E-state index contributed by atoms with van der Waals surface area (Å²) in [5.74, 6) is -3.50. The first kappa shape index (κ1) is 36.3. The molecule has 7 aliphatic heterocycles. The monoisotopic (exact) mass is 711 g/mol. The molecule has 10 nitrogen and oxygen atoms in total. The number of aliphatic carboxylic acids is 1. The van der Waals surface area contributed by atoms with Crippen LogP contribution in [0.1, 0.15) is 130 Å². The molecule has 0 aromatic rings. The van der Waals surface area contributed by atoms with Crippen molar-refractivity contribution in [2.24, 2.45) is 34.1 Å². The maximum atomic E-state index is 12.6. The minimum absolute atomic E-state index is 0.0764. The Kier molecular flexibility index (Phi) is 9.25. The van der Waals surface area contributed by atoms with E-state index in [1.54, 1.807) is 0 Å². The maximum absolute atomic E-state index is 12.6.